The number of alkyl halides is 3. The zero-order valence-corrected chi connectivity index (χ0v) is 14.9. The van der Waals surface area contributed by atoms with Crippen molar-refractivity contribution in [1.82, 2.24) is 0 Å². The van der Waals surface area contributed by atoms with Crippen molar-refractivity contribution < 1.29 is 23.2 Å². The third-order valence-corrected chi connectivity index (χ3v) is 4.96. The topological polar surface area (TPSA) is 27.9 Å². The van der Waals surface area contributed by atoms with Crippen LogP contribution in [0.2, 0.25) is 5.02 Å². The van der Waals surface area contributed by atoms with Gasteiger partial charge in [0.15, 0.2) is 0 Å². The Morgan fingerprint density at radius 1 is 1.08 bits per heavy atom. The molecule has 1 saturated heterocycles. The standard InChI is InChI=1S/C19H20ClF3N2O/c20-16-5-1-3-14(11-16)18(26)13-24-7-9-25(10-8-24)17-6-2-4-15(12-17)19(21,22)23/h1-6,11-12,18,26H,7-10,13H2/p+1/t18-/m1/s1. The number of hydrogen-bond acceptors (Lipinski definition) is 2. The van der Waals surface area contributed by atoms with E-state index < -0.39 is 17.8 Å². The first-order valence-electron chi connectivity index (χ1n) is 8.52. The molecule has 0 aliphatic carbocycles. The first-order chi connectivity index (χ1) is 12.3. The summed E-state index contributed by atoms with van der Waals surface area (Å²) in [6, 6.07) is 12.6. The van der Waals surface area contributed by atoms with Crippen LogP contribution in [0.5, 0.6) is 0 Å². The van der Waals surface area contributed by atoms with Crippen LogP contribution in [0.1, 0.15) is 17.2 Å². The van der Waals surface area contributed by atoms with Gasteiger partial charge >= 0.3 is 6.18 Å². The molecule has 2 N–H and O–H groups in total. The molecule has 0 amide bonds. The number of aliphatic hydroxyl groups is 1. The molecule has 2 aromatic carbocycles. The van der Waals surface area contributed by atoms with Crippen LogP contribution in [0, 0.1) is 0 Å². The number of piperazine rings is 1. The minimum atomic E-state index is -4.33. The van der Waals surface area contributed by atoms with Gasteiger partial charge in [-0.2, -0.15) is 13.2 Å². The molecule has 0 unspecified atom stereocenters. The van der Waals surface area contributed by atoms with Gasteiger partial charge in [-0.3, -0.25) is 0 Å². The molecule has 1 aliphatic rings. The van der Waals surface area contributed by atoms with E-state index >= 15 is 0 Å². The fraction of sp³-hybridized carbons (Fsp3) is 0.368. The van der Waals surface area contributed by atoms with Gasteiger partial charge in [-0.15, -0.1) is 0 Å². The first kappa shape index (κ1) is 19.0. The number of nitrogens with zero attached hydrogens (tertiary/aromatic N) is 1. The lowest BCUT2D eigenvalue weighted by atomic mass is 10.1. The number of benzene rings is 2. The van der Waals surface area contributed by atoms with E-state index in [4.69, 9.17) is 11.6 Å². The van der Waals surface area contributed by atoms with E-state index in [0.29, 0.717) is 30.3 Å². The monoisotopic (exact) mass is 385 g/mol. The average Bonchev–Trinajstić information content (AvgIpc) is 2.62. The second kappa shape index (κ2) is 7.86. The Labute approximate surface area is 155 Å². The minimum absolute atomic E-state index is 0.552. The molecule has 1 aliphatic heterocycles. The van der Waals surface area contributed by atoms with Crippen LogP contribution in [-0.2, 0) is 6.18 Å². The molecule has 0 saturated carbocycles. The lowest BCUT2D eigenvalue weighted by molar-refractivity contribution is -0.904. The Morgan fingerprint density at radius 3 is 2.42 bits per heavy atom. The van der Waals surface area contributed by atoms with Gasteiger partial charge in [-0.25, -0.2) is 0 Å². The number of nitrogens with one attached hydrogen (secondary N) is 1. The normalized spacial score (nSPS) is 17.3. The van der Waals surface area contributed by atoms with Gasteiger partial charge in [0, 0.05) is 10.7 Å². The average molecular weight is 386 g/mol. The Morgan fingerprint density at radius 2 is 1.77 bits per heavy atom. The molecule has 0 bridgehead atoms. The molecule has 7 heteroatoms. The van der Waals surface area contributed by atoms with Crippen LogP contribution in [0.3, 0.4) is 0 Å². The van der Waals surface area contributed by atoms with Gasteiger partial charge in [0.25, 0.3) is 0 Å². The van der Waals surface area contributed by atoms with Crippen LogP contribution in [-0.4, -0.2) is 37.8 Å². The first-order valence-corrected chi connectivity index (χ1v) is 8.90. The second-order valence-corrected chi connectivity index (χ2v) is 7.00. The highest BCUT2D eigenvalue weighted by molar-refractivity contribution is 6.30. The quantitative estimate of drug-likeness (QED) is 0.847. The predicted molar refractivity (Wildman–Crippen MR) is 95.6 cm³/mol. The van der Waals surface area contributed by atoms with E-state index in [9.17, 15) is 18.3 Å². The van der Waals surface area contributed by atoms with Gasteiger partial charge in [0.05, 0.1) is 31.7 Å². The number of aliphatic hydroxyl groups excluding tert-OH is 1. The van der Waals surface area contributed by atoms with Crippen molar-refractivity contribution >= 4 is 17.3 Å². The number of hydrogen-bond donors (Lipinski definition) is 2. The number of halogens is 4. The Bertz CT molecular complexity index is 746. The molecular weight excluding hydrogens is 365 g/mol. The van der Waals surface area contributed by atoms with Crippen molar-refractivity contribution in [2.75, 3.05) is 37.6 Å². The summed E-state index contributed by atoms with van der Waals surface area (Å²) in [6.45, 7) is 3.37. The third-order valence-electron chi connectivity index (χ3n) is 4.72. The van der Waals surface area contributed by atoms with E-state index in [0.717, 1.165) is 24.7 Å². The number of anilines is 1. The molecule has 0 radical (unpaired) electrons. The lowest BCUT2D eigenvalue weighted by Gasteiger charge is -2.34. The molecule has 1 atom stereocenters. The van der Waals surface area contributed by atoms with Crippen LogP contribution < -0.4 is 9.80 Å². The van der Waals surface area contributed by atoms with Crippen molar-refractivity contribution in [1.29, 1.82) is 0 Å². The summed E-state index contributed by atoms with van der Waals surface area (Å²) in [5.74, 6) is 0. The molecule has 1 fully saturated rings. The summed E-state index contributed by atoms with van der Waals surface area (Å²) < 4.78 is 38.6. The van der Waals surface area contributed by atoms with Crippen LogP contribution in [0.25, 0.3) is 0 Å². The molecule has 3 nitrogen and oxygen atoms in total. The zero-order chi connectivity index (χ0) is 18.7. The lowest BCUT2D eigenvalue weighted by Crippen LogP contribution is -3.15. The Hall–Kier alpha value is -1.76. The SMILES string of the molecule is O[C@H](C[NH+]1CCN(c2cccc(C(F)(F)F)c2)CC1)c1cccc(Cl)c1. The molecule has 0 spiro atoms. The largest absolute Gasteiger partial charge is 0.416 e. The highest BCUT2D eigenvalue weighted by atomic mass is 35.5. The second-order valence-electron chi connectivity index (χ2n) is 6.56. The maximum absolute atomic E-state index is 12.9. The number of rotatable bonds is 4. The third kappa shape index (κ3) is 4.69. The highest BCUT2D eigenvalue weighted by Gasteiger charge is 2.31. The summed E-state index contributed by atoms with van der Waals surface area (Å²) in [5.41, 5.74) is 0.751. The van der Waals surface area contributed by atoms with E-state index in [1.807, 2.05) is 17.0 Å². The maximum Gasteiger partial charge on any atom is 0.416 e. The molecule has 140 valence electrons. The van der Waals surface area contributed by atoms with Gasteiger partial charge in [-0.05, 0) is 35.9 Å². The maximum atomic E-state index is 12.9. The van der Waals surface area contributed by atoms with Gasteiger partial charge < -0.3 is 14.9 Å². The minimum Gasteiger partial charge on any atom is -0.382 e. The van der Waals surface area contributed by atoms with E-state index in [-0.39, 0.29) is 0 Å². The summed E-state index contributed by atoms with van der Waals surface area (Å²) in [4.78, 5) is 3.19. The van der Waals surface area contributed by atoms with E-state index in [1.54, 1.807) is 18.2 Å². The van der Waals surface area contributed by atoms with E-state index in [1.165, 1.54) is 17.0 Å². The van der Waals surface area contributed by atoms with Crippen molar-refractivity contribution in [3.8, 4) is 0 Å². The van der Waals surface area contributed by atoms with Gasteiger partial charge in [0.1, 0.15) is 12.6 Å². The highest BCUT2D eigenvalue weighted by Crippen LogP contribution is 2.31. The van der Waals surface area contributed by atoms with Crippen molar-refractivity contribution in [3.05, 3.63) is 64.7 Å². The van der Waals surface area contributed by atoms with Crippen molar-refractivity contribution in [3.63, 3.8) is 0 Å². The summed E-state index contributed by atoms with van der Waals surface area (Å²) in [7, 11) is 0. The van der Waals surface area contributed by atoms with Crippen molar-refractivity contribution in [2.45, 2.75) is 12.3 Å². The van der Waals surface area contributed by atoms with Crippen LogP contribution in [0.15, 0.2) is 48.5 Å². The zero-order valence-electron chi connectivity index (χ0n) is 14.1. The number of quaternary nitrogens is 1. The summed E-state index contributed by atoms with van der Waals surface area (Å²) in [5, 5.41) is 11.0. The molecular formula is C19H21ClF3N2O+. The molecule has 26 heavy (non-hydrogen) atoms. The summed E-state index contributed by atoms with van der Waals surface area (Å²) in [6.07, 6.45) is -4.94. The Kier molecular flexibility index (Phi) is 5.75. The smallest absolute Gasteiger partial charge is 0.382 e. The molecule has 0 aromatic heterocycles. The van der Waals surface area contributed by atoms with Crippen LogP contribution >= 0.6 is 11.6 Å². The van der Waals surface area contributed by atoms with Crippen molar-refractivity contribution in [2.24, 2.45) is 0 Å². The predicted octanol–water partition coefficient (Wildman–Crippen LogP) is 2.80. The van der Waals surface area contributed by atoms with Gasteiger partial charge in [0.2, 0.25) is 0 Å². The van der Waals surface area contributed by atoms with Gasteiger partial charge in [-0.1, -0.05) is 29.8 Å². The fourth-order valence-corrected chi connectivity index (χ4v) is 3.47. The van der Waals surface area contributed by atoms with Crippen LogP contribution in [0.4, 0.5) is 18.9 Å². The Balaban J connectivity index is 1.58. The molecule has 2 aromatic rings. The summed E-state index contributed by atoms with van der Waals surface area (Å²) >= 11 is 5.96. The fourth-order valence-electron chi connectivity index (χ4n) is 3.27. The molecule has 1 heterocycles. The molecule has 3 rings (SSSR count). The van der Waals surface area contributed by atoms with E-state index in [2.05, 4.69) is 0 Å².